The topological polar surface area (TPSA) is 84.1 Å². The Hall–Kier alpha value is -1.85. The van der Waals surface area contributed by atoms with E-state index in [1.54, 1.807) is 0 Å². The molecule has 104 valence electrons. The monoisotopic (exact) mass is 263 g/mol. The van der Waals surface area contributed by atoms with Crippen LogP contribution in [0, 0.1) is 6.92 Å². The molecule has 19 heavy (non-hydrogen) atoms. The Morgan fingerprint density at radius 3 is 3.05 bits per heavy atom. The number of amides is 1. The van der Waals surface area contributed by atoms with Crippen LogP contribution < -0.4 is 16.0 Å². The number of rotatable bonds is 5. The van der Waals surface area contributed by atoms with Gasteiger partial charge < -0.3 is 16.0 Å². The number of hydrogen-bond donors (Lipinski definition) is 2. The average molecular weight is 263 g/mol. The van der Waals surface area contributed by atoms with Crippen molar-refractivity contribution in [1.82, 2.24) is 9.97 Å². The highest BCUT2D eigenvalue weighted by Crippen LogP contribution is 2.25. The Bertz CT molecular complexity index is 462. The van der Waals surface area contributed by atoms with Gasteiger partial charge in [-0.2, -0.15) is 4.98 Å². The Balaban J connectivity index is 2.23. The number of aromatic nitrogens is 2. The second-order valence-electron chi connectivity index (χ2n) is 4.87. The molecule has 0 radical (unpaired) electrons. The van der Waals surface area contributed by atoms with Crippen molar-refractivity contribution in [3.8, 4) is 0 Å². The van der Waals surface area contributed by atoms with Crippen LogP contribution in [-0.2, 0) is 4.79 Å². The van der Waals surface area contributed by atoms with Crippen molar-refractivity contribution in [1.29, 1.82) is 0 Å². The summed E-state index contributed by atoms with van der Waals surface area (Å²) in [6, 6.07) is 1.66. The largest absolute Gasteiger partial charge is 0.368 e. The fourth-order valence-corrected chi connectivity index (χ4v) is 2.35. The van der Waals surface area contributed by atoms with Gasteiger partial charge in [0.2, 0.25) is 11.9 Å². The molecular formula is C13H21N5O. The van der Waals surface area contributed by atoms with Crippen LogP contribution in [0.2, 0.25) is 0 Å². The van der Waals surface area contributed by atoms with Gasteiger partial charge in [-0.25, -0.2) is 4.98 Å². The minimum Gasteiger partial charge on any atom is -0.368 e. The average Bonchev–Trinajstić information content (AvgIpc) is 2.85. The number of anilines is 2. The van der Waals surface area contributed by atoms with E-state index in [9.17, 15) is 4.79 Å². The number of nitrogens with zero attached hydrogens (tertiary/aromatic N) is 3. The molecule has 0 aromatic carbocycles. The zero-order chi connectivity index (χ0) is 13.8. The van der Waals surface area contributed by atoms with E-state index >= 15 is 0 Å². The SMILES string of the molecule is CCCNc1nc(C)cc(N2CCCC2C(N)=O)n1. The summed E-state index contributed by atoms with van der Waals surface area (Å²) in [6.45, 7) is 5.67. The molecule has 2 rings (SSSR count). The minimum atomic E-state index is -0.281. The molecule has 0 bridgehead atoms. The van der Waals surface area contributed by atoms with Crippen LogP contribution in [0.5, 0.6) is 0 Å². The first-order chi connectivity index (χ1) is 9.11. The standard InChI is InChI=1S/C13H21N5O/c1-3-6-15-13-16-9(2)8-11(17-13)18-7-4-5-10(18)12(14)19/h8,10H,3-7H2,1-2H3,(H2,14,19)(H,15,16,17). The van der Waals surface area contributed by atoms with Crippen LogP contribution >= 0.6 is 0 Å². The van der Waals surface area contributed by atoms with Crippen molar-refractivity contribution in [3.63, 3.8) is 0 Å². The third-order valence-corrected chi connectivity index (χ3v) is 3.25. The van der Waals surface area contributed by atoms with Gasteiger partial charge >= 0.3 is 0 Å². The smallest absolute Gasteiger partial charge is 0.240 e. The highest BCUT2D eigenvalue weighted by molar-refractivity contribution is 5.84. The number of hydrogen-bond acceptors (Lipinski definition) is 5. The fourth-order valence-electron chi connectivity index (χ4n) is 2.35. The predicted molar refractivity (Wildman–Crippen MR) is 75.1 cm³/mol. The van der Waals surface area contributed by atoms with Gasteiger partial charge in [0.15, 0.2) is 0 Å². The second-order valence-corrected chi connectivity index (χ2v) is 4.87. The maximum atomic E-state index is 11.4. The molecule has 1 aromatic rings. The first kappa shape index (κ1) is 13.6. The third-order valence-electron chi connectivity index (χ3n) is 3.25. The van der Waals surface area contributed by atoms with Crippen molar-refractivity contribution < 1.29 is 4.79 Å². The normalized spacial score (nSPS) is 18.6. The summed E-state index contributed by atoms with van der Waals surface area (Å²) in [4.78, 5) is 22.3. The van der Waals surface area contributed by atoms with Gasteiger partial charge in [0.05, 0.1) is 0 Å². The summed E-state index contributed by atoms with van der Waals surface area (Å²) < 4.78 is 0. The molecule has 0 spiro atoms. The summed E-state index contributed by atoms with van der Waals surface area (Å²) in [5.74, 6) is 1.12. The van der Waals surface area contributed by atoms with Crippen molar-refractivity contribution in [2.24, 2.45) is 5.73 Å². The summed E-state index contributed by atoms with van der Waals surface area (Å²) in [5, 5.41) is 3.18. The van der Waals surface area contributed by atoms with Gasteiger partial charge in [-0.1, -0.05) is 6.92 Å². The Morgan fingerprint density at radius 1 is 1.58 bits per heavy atom. The van der Waals surface area contributed by atoms with E-state index < -0.39 is 0 Å². The van der Waals surface area contributed by atoms with Crippen LogP contribution in [0.1, 0.15) is 31.9 Å². The molecule has 1 saturated heterocycles. The highest BCUT2D eigenvalue weighted by atomic mass is 16.1. The molecule has 1 aliphatic rings. The quantitative estimate of drug-likeness (QED) is 0.830. The van der Waals surface area contributed by atoms with Crippen molar-refractivity contribution in [2.45, 2.75) is 39.2 Å². The van der Waals surface area contributed by atoms with E-state index in [1.165, 1.54) is 0 Å². The lowest BCUT2D eigenvalue weighted by Crippen LogP contribution is -2.40. The third kappa shape index (κ3) is 3.13. The molecule has 6 nitrogen and oxygen atoms in total. The maximum Gasteiger partial charge on any atom is 0.240 e. The van der Waals surface area contributed by atoms with E-state index in [4.69, 9.17) is 5.73 Å². The lowest BCUT2D eigenvalue weighted by atomic mass is 10.2. The zero-order valence-corrected chi connectivity index (χ0v) is 11.5. The molecule has 1 aromatic heterocycles. The number of primary amides is 1. The zero-order valence-electron chi connectivity index (χ0n) is 11.5. The van der Waals surface area contributed by atoms with Crippen LogP contribution in [-0.4, -0.2) is 35.0 Å². The van der Waals surface area contributed by atoms with Gasteiger partial charge in [0.1, 0.15) is 11.9 Å². The first-order valence-corrected chi connectivity index (χ1v) is 6.77. The maximum absolute atomic E-state index is 11.4. The predicted octanol–water partition coefficient (Wildman–Crippen LogP) is 1.06. The molecule has 1 atom stereocenters. The van der Waals surface area contributed by atoms with E-state index in [0.717, 1.165) is 43.9 Å². The molecule has 3 N–H and O–H groups in total. The molecule has 1 fully saturated rings. The van der Waals surface area contributed by atoms with E-state index in [1.807, 2.05) is 17.9 Å². The summed E-state index contributed by atoms with van der Waals surface area (Å²) in [7, 11) is 0. The number of carbonyl (C=O) groups excluding carboxylic acids is 1. The lowest BCUT2D eigenvalue weighted by molar-refractivity contribution is -0.119. The summed E-state index contributed by atoms with van der Waals surface area (Å²) in [5.41, 5.74) is 6.33. The van der Waals surface area contributed by atoms with Crippen LogP contribution in [0.3, 0.4) is 0 Å². The Kier molecular flexibility index (Phi) is 4.19. The molecular weight excluding hydrogens is 242 g/mol. The number of carbonyl (C=O) groups is 1. The molecule has 0 saturated carbocycles. The van der Waals surface area contributed by atoms with Gasteiger partial charge in [-0.15, -0.1) is 0 Å². The van der Waals surface area contributed by atoms with Gasteiger partial charge in [0.25, 0.3) is 0 Å². The lowest BCUT2D eigenvalue weighted by Gasteiger charge is -2.23. The van der Waals surface area contributed by atoms with E-state index in [-0.39, 0.29) is 11.9 Å². The second kappa shape index (κ2) is 5.86. The number of nitrogens with one attached hydrogen (secondary N) is 1. The Labute approximate surface area is 113 Å². The van der Waals surface area contributed by atoms with Gasteiger partial charge in [-0.3, -0.25) is 4.79 Å². The fraction of sp³-hybridized carbons (Fsp3) is 0.615. The van der Waals surface area contributed by atoms with Crippen LogP contribution in [0.15, 0.2) is 6.07 Å². The summed E-state index contributed by atoms with van der Waals surface area (Å²) in [6.07, 6.45) is 2.78. The van der Waals surface area contributed by atoms with Crippen LogP contribution in [0.4, 0.5) is 11.8 Å². The van der Waals surface area contributed by atoms with Crippen molar-refractivity contribution in [3.05, 3.63) is 11.8 Å². The molecule has 1 amide bonds. The summed E-state index contributed by atoms with van der Waals surface area (Å²) >= 11 is 0. The first-order valence-electron chi connectivity index (χ1n) is 6.77. The number of nitrogens with two attached hydrogens (primary N) is 1. The molecule has 1 unspecified atom stereocenters. The Morgan fingerprint density at radius 2 is 2.37 bits per heavy atom. The highest BCUT2D eigenvalue weighted by Gasteiger charge is 2.30. The van der Waals surface area contributed by atoms with Gasteiger partial charge in [0, 0.05) is 24.8 Å². The van der Waals surface area contributed by atoms with Crippen molar-refractivity contribution >= 4 is 17.7 Å². The molecule has 2 heterocycles. The van der Waals surface area contributed by atoms with Crippen molar-refractivity contribution in [2.75, 3.05) is 23.3 Å². The van der Waals surface area contributed by atoms with E-state index in [0.29, 0.717) is 5.95 Å². The van der Waals surface area contributed by atoms with Gasteiger partial charge in [-0.05, 0) is 26.2 Å². The van der Waals surface area contributed by atoms with E-state index in [2.05, 4.69) is 22.2 Å². The number of aryl methyl sites for hydroxylation is 1. The molecule has 1 aliphatic heterocycles. The molecule has 0 aliphatic carbocycles. The van der Waals surface area contributed by atoms with Crippen LogP contribution in [0.25, 0.3) is 0 Å². The molecule has 6 heteroatoms. The minimum absolute atomic E-state index is 0.242.